The summed E-state index contributed by atoms with van der Waals surface area (Å²) in [5, 5.41) is 1.41. The molecule has 0 aliphatic heterocycles. The van der Waals surface area contributed by atoms with Crippen molar-refractivity contribution in [2.75, 3.05) is 19.9 Å². The first-order valence-electron chi connectivity index (χ1n) is 8.78. The van der Waals surface area contributed by atoms with Crippen molar-refractivity contribution in [1.82, 2.24) is 14.5 Å². The molecule has 0 aliphatic carbocycles. The fourth-order valence-corrected chi connectivity index (χ4v) is 3.97. The molecule has 0 unspecified atom stereocenters. The zero-order valence-electron chi connectivity index (χ0n) is 16.1. The molecule has 2 aromatic carbocycles. The predicted molar refractivity (Wildman–Crippen MR) is 114 cm³/mol. The fourth-order valence-electron chi connectivity index (χ4n) is 2.86. The van der Waals surface area contributed by atoms with Gasteiger partial charge < -0.3 is 9.64 Å². The van der Waals surface area contributed by atoms with Crippen LogP contribution in [0.2, 0.25) is 5.02 Å². The summed E-state index contributed by atoms with van der Waals surface area (Å²) in [6, 6.07) is 13.5. The molecule has 0 N–H and O–H groups in total. The van der Waals surface area contributed by atoms with E-state index >= 15 is 0 Å². The Labute approximate surface area is 174 Å². The summed E-state index contributed by atoms with van der Waals surface area (Å²) < 4.78 is 7.37. The van der Waals surface area contributed by atoms with E-state index in [2.05, 4.69) is 18.0 Å². The number of rotatable bonds is 7. The number of thioether (sulfide) groups is 1. The van der Waals surface area contributed by atoms with E-state index < -0.39 is 0 Å². The highest BCUT2D eigenvalue weighted by Gasteiger charge is 2.15. The second-order valence-electron chi connectivity index (χ2n) is 6.36. The Morgan fingerprint density at radius 2 is 2.07 bits per heavy atom. The summed E-state index contributed by atoms with van der Waals surface area (Å²) in [4.78, 5) is 18.7. The molecule has 0 spiro atoms. The predicted octanol–water partition coefficient (Wildman–Crippen LogP) is 4.59. The monoisotopic (exact) mass is 415 g/mol. The molecule has 1 amide bonds. The van der Waals surface area contributed by atoms with Crippen LogP contribution in [0.5, 0.6) is 5.75 Å². The van der Waals surface area contributed by atoms with E-state index in [-0.39, 0.29) is 5.91 Å². The Morgan fingerprint density at radius 1 is 1.29 bits per heavy atom. The molecule has 1 aromatic heterocycles. The molecule has 0 radical (unpaired) electrons. The lowest BCUT2D eigenvalue weighted by atomic mass is 10.2. The van der Waals surface area contributed by atoms with Crippen LogP contribution in [0.1, 0.15) is 11.1 Å². The average molecular weight is 416 g/mol. The number of methoxy groups -OCH3 is 1. The fraction of sp³-hybridized carbons (Fsp3) is 0.238. The van der Waals surface area contributed by atoms with Gasteiger partial charge in [-0.3, -0.25) is 9.36 Å². The lowest BCUT2D eigenvalue weighted by molar-refractivity contribution is -0.127. The number of carbonyl (C=O) groups excluding carboxylic acids is 1. The van der Waals surface area contributed by atoms with Crippen LogP contribution in [-0.2, 0) is 11.3 Å². The molecule has 0 saturated heterocycles. The van der Waals surface area contributed by atoms with Crippen molar-refractivity contribution in [3.63, 3.8) is 0 Å². The maximum atomic E-state index is 12.6. The molecule has 146 valence electrons. The zero-order chi connectivity index (χ0) is 20.1. The first kappa shape index (κ1) is 20.3. The van der Waals surface area contributed by atoms with Gasteiger partial charge in [-0.25, -0.2) is 4.98 Å². The summed E-state index contributed by atoms with van der Waals surface area (Å²) in [6.07, 6.45) is 3.66. The van der Waals surface area contributed by atoms with Crippen LogP contribution in [-0.4, -0.2) is 40.3 Å². The molecule has 0 aliphatic rings. The normalized spacial score (nSPS) is 10.7. The van der Waals surface area contributed by atoms with Crippen molar-refractivity contribution in [1.29, 1.82) is 0 Å². The van der Waals surface area contributed by atoms with Crippen LogP contribution in [0.15, 0.2) is 60.0 Å². The van der Waals surface area contributed by atoms with Crippen LogP contribution in [0, 0.1) is 6.92 Å². The Balaban J connectivity index is 1.66. The van der Waals surface area contributed by atoms with Crippen LogP contribution < -0.4 is 4.74 Å². The molecule has 0 fully saturated rings. The van der Waals surface area contributed by atoms with Gasteiger partial charge in [0, 0.05) is 36.6 Å². The standard InChI is InChI=1S/C21H22ClN3O2S/c1-15-6-4-5-7-18(15)25-11-10-23-21(25)28-14-20(26)24(2)13-16-12-17(22)8-9-19(16)27-3/h4-12H,13-14H2,1-3H3. The molecule has 0 bridgehead atoms. The Hall–Kier alpha value is -2.44. The van der Waals surface area contributed by atoms with Crippen LogP contribution in [0.3, 0.4) is 0 Å². The summed E-state index contributed by atoms with van der Waals surface area (Å²) >= 11 is 7.50. The van der Waals surface area contributed by atoms with Gasteiger partial charge in [-0.15, -0.1) is 0 Å². The van der Waals surface area contributed by atoms with Gasteiger partial charge in [-0.2, -0.15) is 0 Å². The Bertz CT molecular complexity index is 974. The number of carbonyl (C=O) groups is 1. The van der Waals surface area contributed by atoms with Crippen molar-refractivity contribution < 1.29 is 9.53 Å². The number of benzene rings is 2. The topological polar surface area (TPSA) is 47.4 Å². The molecular weight excluding hydrogens is 394 g/mol. The summed E-state index contributed by atoms with van der Waals surface area (Å²) in [7, 11) is 3.38. The van der Waals surface area contributed by atoms with E-state index in [0.717, 1.165) is 22.0 Å². The molecule has 0 atom stereocenters. The average Bonchev–Trinajstić information content (AvgIpc) is 3.15. The number of halogens is 1. The number of aryl methyl sites for hydroxylation is 1. The van der Waals surface area contributed by atoms with Gasteiger partial charge in [0.2, 0.25) is 5.91 Å². The molecule has 0 saturated carbocycles. The van der Waals surface area contributed by atoms with Crippen LogP contribution >= 0.6 is 23.4 Å². The van der Waals surface area contributed by atoms with Gasteiger partial charge >= 0.3 is 0 Å². The number of aromatic nitrogens is 2. The SMILES string of the molecule is COc1ccc(Cl)cc1CN(C)C(=O)CSc1nccn1-c1ccccc1C. The third-order valence-electron chi connectivity index (χ3n) is 4.38. The van der Waals surface area contributed by atoms with E-state index in [0.29, 0.717) is 23.1 Å². The smallest absolute Gasteiger partial charge is 0.233 e. The lowest BCUT2D eigenvalue weighted by Gasteiger charge is -2.19. The summed E-state index contributed by atoms with van der Waals surface area (Å²) in [5.74, 6) is 1.01. The van der Waals surface area contributed by atoms with E-state index in [1.165, 1.54) is 11.8 Å². The number of amides is 1. The molecule has 3 rings (SSSR count). The minimum atomic E-state index is 0.00589. The van der Waals surface area contributed by atoms with Gasteiger partial charge in [-0.05, 0) is 36.8 Å². The first-order valence-corrected chi connectivity index (χ1v) is 10.1. The summed E-state index contributed by atoms with van der Waals surface area (Å²) in [5.41, 5.74) is 3.09. The highest BCUT2D eigenvalue weighted by atomic mass is 35.5. The quantitative estimate of drug-likeness (QED) is 0.529. The molecule has 7 heteroatoms. The number of hydrogen-bond acceptors (Lipinski definition) is 4. The number of para-hydroxylation sites is 1. The van der Waals surface area contributed by atoms with Crippen molar-refractivity contribution in [2.24, 2.45) is 0 Å². The van der Waals surface area contributed by atoms with Crippen molar-refractivity contribution in [2.45, 2.75) is 18.6 Å². The third-order valence-corrected chi connectivity index (χ3v) is 5.57. The first-order chi connectivity index (χ1) is 13.5. The van der Waals surface area contributed by atoms with Crippen molar-refractivity contribution >= 4 is 29.3 Å². The zero-order valence-corrected chi connectivity index (χ0v) is 17.6. The number of imidazole rings is 1. The van der Waals surface area contributed by atoms with Crippen LogP contribution in [0.4, 0.5) is 0 Å². The summed E-state index contributed by atoms with van der Waals surface area (Å²) in [6.45, 7) is 2.48. The lowest BCUT2D eigenvalue weighted by Crippen LogP contribution is -2.28. The Kier molecular flexibility index (Phi) is 6.65. The van der Waals surface area contributed by atoms with E-state index in [1.54, 1.807) is 31.3 Å². The van der Waals surface area contributed by atoms with E-state index in [4.69, 9.17) is 16.3 Å². The maximum Gasteiger partial charge on any atom is 0.233 e. The molecule has 1 heterocycles. The van der Waals surface area contributed by atoms with Gasteiger partial charge in [0.15, 0.2) is 5.16 Å². The minimum absolute atomic E-state index is 0.00589. The largest absolute Gasteiger partial charge is 0.496 e. The number of nitrogens with zero attached hydrogens (tertiary/aromatic N) is 3. The molecule has 28 heavy (non-hydrogen) atoms. The minimum Gasteiger partial charge on any atom is -0.496 e. The van der Waals surface area contributed by atoms with Gasteiger partial charge in [-0.1, -0.05) is 41.6 Å². The van der Waals surface area contributed by atoms with Gasteiger partial charge in [0.1, 0.15) is 5.75 Å². The second kappa shape index (κ2) is 9.17. The van der Waals surface area contributed by atoms with Gasteiger partial charge in [0.25, 0.3) is 0 Å². The van der Waals surface area contributed by atoms with E-state index in [9.17, 15) is 4.79 Å². The van der Waals surface area contributed by atoms with E-state index in [1.807, 2.05) is 41.1 Å². The molecule has 5 nitrogen and oxygen atoms in total. The highest BCUT2D eigenvalue weighted by molar-refractivity contribution is 7.99. The number of hydrogen-bond donors (Lipinski definition) is 0. The molecular formula is C21H22ClN3O2S. The Morgan fingerprint density at radius 3 is 2.82 bits per heavy atom. The van der Waals surface area contributed by atoms with Crippen LogP contribution in [0.25, 0.3) is 5.69 Å². The third kappa shape index (κ3) is 4.69. The number of ether oxygens (including phenoxy) is 1. The molecule has 3 aromatic rings. The second-order valence-corrected chi connectivity index (χ2v) is 7.74. The highest BCUT2D eigenvalue weighted by Crippen LogP contribution is 2.25. The van der Waals surface area contributed by atoms with Crippen molar-refractivity contribution in [3.8, 4) is 11.4 Å². The van der Waals surface area contributed by atoms with Gasteiger partial charge in [0.05, 0.1) is 18.6 Å². The maximum absolute atomic E-state index is 12.6. The van der Waals surface area contributed by atoms with Crippen molar-refractivity contribution in [3.05, 3.63) is 71.0 Å².